The lowest BCUT2D eigenvalue weighted by molar-refractivity contribution is -0.115. The molecule has 0 spiro atoms. The lowest BCUT2D eigenvalue weighted by Gasteiger charge is -2.13. The summed E-state index contributed by atoms with van der Waals surface area (Å²) >= 11 is 1.11. The summed E-state index contributed by atoms with van der Waals surface area (Å²) in [6.45, 7) is 3.39. The first-order chi connectivity index (χ1) is 14.0. The number of nitrogens with one attached hydrogen (secondary N) is 1. The van der Waals surface area contributed by atoms with E-state index in [0.717, 1.165) is 11.8 Å². The van der Waals surface area contributed by atoms with Crippen molar-refractivity contribution < 1.29 is 23.1 Å². The Bertz CT molecular complexity index is 982. The number of thioether (sulfide) groups is 1. The molecule has 9 heteroatoms. The summed E-state index contributed by atoms with van der Waals surface area (Å²) < 4.78 is 30.0. The third-order valence-electron chi connectivity index (χ3n) is 3.92. The van der Waals surface area contributed by atoms with E-state index < -0.39 is 17.2 Å². The fourth-order valence-corrected chi connectivity index (χ4v) is 3.09. The van der Waals surface area contributed by atoms with Crippen molar-refractivity contribution >= 4 is 23.4 Å². The SMILES string of the molecule is COc1ccccc1NC(=O)[C@@H](C)Sc1nnc([C@@H](C)Oc2ccccc2F)o1. The number of amides is 1. The van der Waals surface area contributed by atoms with Gasteiger partial charge in [0.2, 0.25) is 5.91 Å². The lowest BCUT2D eigenvalue weighted by Crippen LogP contribution is -2.22. The standard InChI is InChI=1S/C20H20FN3O4S/c1-12(27-16-10-6-4-8-14(16)21)19-23-24-20(28-19)29-13(2)18(25)22-15-9-5-7-11-17(15)26-3/h4-13H,1-3H3,(H,22,25)/t12-,13-/m1/s1. The molecule has 0 aliphatic rings. The van der Waals surface area contributed by atoms with Crippen LogP contribution < -0.4 is 14.8 Å². The first-order valence-electron chi connectivity index (χ1n) is 8.83. The molecule has 0 fully saturated rings. The molecule has 1 aromatic heterocycles. The molecule has 0 unspecified atom stereocenters. The van der Waals surface area contributed by atoms with Gasteiger partial charge in [-0.3, -0.25) is 4.79 Å². The molecule has 152 valence electrons. The molecular weight excluding hydrogens is 397 g/mol. The van der Waals surface area contributed by atoms with Gasteiger partial charge in [-0.1, -0.05) is 36.0 Å². The molecule has 1 heterocycles. The topological polar surface area (TPSA) is 86.5 Å². The van der Waals surface area contributed by atoms with E-state index >= 15 is 0 Å². The number of carbonyl (C=O) groups excluding carboxylic acids is 1. The number of nitrogens with zero attached hydrogens (tertiary/aromatic N) is 2. The molecule has 2 atom stereocenters. The second-order valence-electron chi connectivity index (χ2n) is 6.05. The Morgan fingerprint density at radius 3 is 2.52 bits per heavy atom. The minimum atomic E-state index is -0.647. The Labute approximate surface area is 171 Å². The van der Waals surface area contributed by atoms with Crippen LogP contribution in [0.5, 0.6) is 11.5 Å². The van der Waals surface area contributed by atoms with Crippen molar-refractivity contribution in [1.29, 1.82) is 0 Å². The first kappa shape index (κ1) is 20.7. The maximum atomic E-state index is 13.7. The average molecular weight is 417 g/mol. The Morgan fingerprint density at radius 1 is 1.10 bits per heavy atom. The number of hydrogen-bond acceptors (Lipinski definition) is 7. The molecule has 29 heavy (non-hydrogen) atoms. The highest BCUT2D eigenvalue weighted by Gasteiger charge is 2.22. The molecule has 0 aliphatic heterocycles. The summed E-state index contributed by atoms with van der Waals surface area (Å²) in [5.74, 6) is 0.132. The van der Waals surface area contributed by atoms with E-state index in [9.17, 15) is 9.18 Å². The molecule has 1 N–H and O–H groups in total. The highest BCUT2D eigenvalue weighted by atomic mass is 32.2. The lowest BCUT2D eigenvalue weighted by atomic mass is 10.3. The van der Waals surface area contributed by atoms with Crippen molar-refractivity contribution in [3.05, 3.63) is 60.2 Å². The van der Waals surface area contributed by atoms with Gasteiger partial charge in [-0.05, 0) is 38.1 Å². The van der Waals surface area contributed by atoms with Gasteiger partial charge in [0, 0.05) is 0 Å². The van der Waals surface area contributed by atoms with Crippen molar-refractivity contribution in [2.45, 2.75) is 30.4 Å². The van der Waals surface area contributed by atoms with Crippen LogP contribution in [-0.4, -0.2) is 28.5 Å². The number of ether oxygens (including phenoxy) is 2. The number of methoxy groups -OCH3 is 1. The molecule has 0 saturated carbocycles. The van der Waals surface area contributed by atoms with Gasteiger partial charge in [-0.2, -0.15) is 0 Å². The molecule has 1 amide bonds. The number of carbonyl (C=O) groups is 1. The number of para-hydroxylation sites is 3. The second kappa shape index (κ2) is 9.42. The smallest absolute Gasteiger partial charge is 0.277 e. The first-order valence-corrected chi connectivity index (χ1v) is 9.71. The zero-order valence-electron chi connectivity index (χ0n) is 16.1. The van der Waals surface area contributed by atoms with Gasteiger partial charge in [-0.15, -0.1) is 10.2 Å². The van der Waals surface area contributed by atoms with Crippen LogP contribution in [0, 0.1) is 5.82 Å². The Morgan fingerprint density at radius 2 is 1.79 bits per heavy atom. The number of benzene rings is 2. The zero-order chi connectivity index (χ0) is 20.8. The Kier molecular flexibility index (Phi) is 6.71. The van der Waals surface area contributed by atoms with Crippen LogP contribution in [0.4, 0.5) is 10.1 Å². The average Bonchev–Trinajstić information content (AvgIpc) is 3.18. The highest BCUT2D eigenvalue weighted by molar-refractivity contribution is 8.00. The van der Waals surface area contributed by atoms with Crippen LogP contribution in [0.2, 0.25) is 0 Å². The van der Waals surface area contributed by atoms with E-state index in [1.807, 2.05) is 6.07 Å². The predicted octanol–water partition coefficient (Wildman–Crippen LogP) is 4.48. The van der Waals surface area contributed by atoms with E-state index in [2.05, 4.69) is 15.5 Å². The molecule has 2 aromatic carbocycles. The molecule has 0 bridgehead atoms. The van der Waals surface area contributed by atoms with Crippen molar-refractivity contribution in [3.63, 3.8) is 0 Å². The number of aromatic nitrogens is 2. The molecular formula is C20H20FN3O4S. The summed E-state index contributed by atoms with van der Waals surface area (Å²) in [7, 11) is 1.54. The van der Waals surface area contributed by atoms with Crippen LogP contribution in [0.25, 0.3) is 0 Å². The van der Waals surface area contributed by atoms with Crippen LogP contribution >= 0.6 is 11.8 Å². The van der Waals surface area contributed by atoms with Crippen molar-refractivity contribution in [3.8, 4) is 11.5 Å². The van der Waals surface area contributed by atoms with Crippen molar-refractivity contribution in [2.24, 2.45) is 0 Å². The molecule has 0 aliphatic carbocycles. The fourth-order valence-electron chi connectivity index (χ4n) is 2.40. The Balaban J connectivity index is 1.60. The molecule has 3 aromatic rings. The second-order valence-corrected chi connectivity index (χ2v) is 7.34. The summed E-state index contributed by atoms with van der Waals surface area (Å²) in [6, 6.07) is 13.2. The summed E-state index contributed by atoms with van der Waals surface area (Å²) in [5, 5.41) is 10.4. The minimum absolute atomic E-state index is 0.0944. The van der Waals surface area contributed by atoms with E-state index in [0.29, 0.717) is 11.4 Å². The van der Waals surface area contributed by atoms with Gasteiger partial charge in [0.25, 0.3) is 11.1 Å². The van der Waals surface area contributed by atoms with Gasteiger partial charge in [0.1, 0.15) is 5.75 Å². The number of anilines is 1. The molecule has 3 rings (SSSR count). The van der Waals surface area contributed by atoms with Crippen molar-refractivity contribution in [2.75, 3.05) is 12.4 Å². The third kappa shape index (κ3) is 5.26. The van der Waals surface area contributed by atoms with E-state index in [1.54, 1.807) is 44.2 Å². The van der Waals surface area contributed by atoms with Gasteiger partial charge in [-0.25, -0.2) is 4.39 Å². The van der Waals surface area contributed by atoms with Crippen LogP contribution in [-0.2, 0) is 4.79 Å². The quantitative estimate of drug-likeness (QED) is 0.541. The highest BCUT2D eigenvalue weighted by Crippen LogP contribution is 2.29. The normalized spacial score (nSPS) is 12.8. The van der Waals surface area contributed by atoms with E-state index in [1.165, 1.54) is 19.2 Å². The zero-order valence-corrected chi connectivity index (χ0v) is 16.9. The molecule has 7 nitrogen and oxygen atoms in total. The fraction of sp³-hybridized carbons (Fsp3) is 0.250. The minimum Gasteiger partial charge on any atom is -0.495 e. The number of hydrogen-bond donors (Lipinski definition) is 1. The van der Waals surface area contributed by atoms with E-state index in [4.69, 9.17) is 13.9 Å². The van der Waals surface area contributed by atoms with Gasteiger partial charge in [0.15, 0.2) is 17.7 Å². The monoisotopic (exact) mass is 417 g/mol. The van der Waals surface area contributed by atoms with Gasteiger partial charge in [0.05, 0.1) is 18.0 Å². The van der Waals surface area contributed by atoms with Crippen molar-refractivity contribution in [1.82, 2.24) is 10.2 Å². The van der Waals surface area contributed by atoms with E-state index in [-0.39, 0.29) is 22.8 Å². The Hall–Kier alpha value is -3.07. The predicted molar refractivity (Wildman–Crippen MR) is 107 cm³/mol. The number of rotatable bonds is 8. The van der Waals surface area contributed by atoms with Crippen LogP contribution in [0.3, 0.4) is 0 Å². The maximum absolute atomic E-state index is 13.7. The summed E-state index contributed by atoms with van der Waals surface area (Å²) in [6.07, 6.45) is -0.647. The summed E-state index contributed by atoms with van der Waals surface area (Å²) in [4.78, 5) is 12.5. The maximum Gasteiger partial charge on any atom is 0.277 e. The molecule has 0 radical (unpaired) electrons. The van der Waals surface area contributed by atoms with Gasteiger partial charge >= 0.3 is 0 Å². The largest absolute Gasteiger partial charge is 0.495 e. The molecule has 0 saturated heterocycles. The number of halogens is 1. The summed E-state index contributed by atoms with van der Waals surface area (Å²) in [5.41, 5.74) is 0.575. The van der Waals surface area contributed by atoms with Gasteiger partial charge < -0.3 is 19.2 Å². The third-order valence-corrected chi connectivity index (χ3v) is 4.86. The van der Waals surface area contributed by atoms with Crippen LogP contribution in [0.15, 0.2) is 58.2 Å². The van der Waals surface area contributed by atoms with Crippen LogP contribution in [0.1, 0.15) is 25.8 Å².